The fraction of sp³-hybridized carbons (Fsp3) is 0.440. The summed E-state index contributed by atoms with van der Waals surface area (Å²) in [7, 11) is 0. The van der Waals surface area contributed by atoms with Crippen LogP contribution in [0.5, 0.6) is 0 Å². The van der Waals surface area contributed by atoms with Crippen molar-refractivity contribution in [1.29, 1.82) is 0 Å². The second-order valence-corrected chi connectivity index (χ2v) is 9.66. The van der Waals surface area contributed by atoms with Crippen LogP contribution >= 0.6 is 0 Å². The molecule has 39 heavy (non-hydrogen) atoms. The second kappa shape index (κ2) is 13.9. The first-order valence-corrected chi connectivity index (χ1v) is 12.3. The third-order valence-corrected chi connectivity index (χ3v) is 5.85. The highest BCUT2D eigenvalue weighted by atomic mass is 16.4. The molecular weight excluding hydrogens is 510 g/mol. The van der Waals surface area contributed by atoms with Crippen molar-refractivity contribution in [3.05, 3.63) is 36.0 Å². The molecule has 0 radical (unpaired) electrons. The summed E-state index contributed by atoms with van der Waals surface area (Å²) in [4.78, 5) is 76.2. The van der Waals surface area contributed by atoms with E-state index in [1.54, 1.807) is 12.3 Å². The van der Waals surface area contributed by atoms with Gasteiger partial charge in [-0.15, -0.1) is 0 Å². The number of rotatable bonds is 15. The minimum Gasteiger partial charge on any atom is -0.480 e. The summed E-state index contributed by atoms with van der Waals surface area (Å²) >= 11 is 0. The Morgan fingerprint density at radius 1 is 0.846 bits per heavy atom. The van der Waals surface area contributed by atoms with Gasteiger partial charge in [0.25, 0.3) is 0 Å². The van der Waals surface area contributed by atoms with Crippen molar-refractivity contribution < 1.29 is 33.9 Å². The first kappa shape index (κ1) is 30.8. The molecule has 0 aliphatic rings. The number of primary amides is 2. The Morgan fingerprint density at radius 2 is 1.41 bits per heavy atom. The third kappa shape index (κ3) is 9.41. The van der Waals surface area contributed by atoms with Gasteiger partial charge in [0.15, 0.2) is 0 Å². The van der Waals surface area contributed by atoms with Crippen LogP contribution in [0, 0.1) is 5.92 Å². The van der Waals surface area contributed by atoms with Crippen molar-refractivity contribution in [1.82, 2.24) is 20.9 Å². The van der Waals surface area contributed by atoms with Gasteiger partial charge in [-0.3, -0.25) is 24.0 Å². The maximum absolute atomic E-state index is 13.3. The van der Waals surface area contributed by atoms with Gasteiger partial charge in [-0.05, 0) is 24.0 Å². The highest BCUT2D eigenvalue weighted by Gasteiger charge is 2.32. The van der Waals surface area contributed by atoms with E-state index in [0.29, 0.717) is 5.56 Å². The van der Waals surface area contributed by atoms with Crippen LogP contribution in [-0.2, 0) is 35.2 Å². The molecule has 11 N–H and O–H groups in total. The average molecular weight is 546 g/mol. The molecule has 0 aliphatic heterocycles. The summed E-state index contributed by atoms with van der Waals surface area (Å²) < 4.78 is 0. The zero-order valence-electron chi connectivity index (χ0n) is 21.7. The quantitative estimate of drug-likeness (QED) is 0.129. The van der Waals surface area contributed by atoms with E-state index < -0.39 is 72.5 Å². The van der Waals surface area contributed by atoms with Gasteiger partial charge in [-0.1, -0.05) is 32.0 Å². The van der Waals surface area contributed by atoms with E-state index in [2.05, 4.69) is 20.9 Å². The van der Waals surface area contributed by atoms with Crippen LogP contribution in [0.2, 0.25) is 0 Å². The standard InChI is InChI=1S/C25H35N7O7/c1-12(2)7-17(30-22(35)15(26)9-20(27)33)23(36)31-18(24(37)32-19(25(38)39)10-21(28)34)8-13-11-29-16-6-4-3-5-14(13)16/h3-6,11-12,15,17-19,29H,7-10,26H2,1-2H3,(H2,27,33)(H2,28,34)(H,30,35)(H,31,36)(H,32,37)(H,38,39). The Labute approximate surface area is 224 Å². The molecule has 0 aliphatic carbocycles. The number of aromatic nitrogens is 1. The summed E-state index contributed by atoms with van der Waals surface area (Å²) in [6, 6.07) is 1.93. The second-order valence-electron chi connectivity index (χ2n) is 9.66. The summed E-state index contributed by atoms with van der Waals surface area (Å²) in [5, 5.41) is 17.5. The molecule has 0 saturated heterocycles. The lowest BCUT2D eigenvalue weighted by atomic mass is 10.00. The number of H-pyrrole nitrogens is 1. The Morgan fingerprint density at radius 3 is 2.00 bits per heavy atom. The molecular formula is C25H35N7O7. The predicted octanol–water partition coefficient (Wildman–Crippen LogP) is -1.63. The SMILES string of the molecule is CC(C)CC(NC(=O)C(N)CC(N)=O)C(=O)NC(Cc1c[nH]c2ccccc12)C(=O)NC(CC(N)=O)C(=O)O. The minimum atomic E-state index is -1.62. The van der Waals surface area contributed by atoms with Crippen molar-refractivity contribution in [2.24, 2.45) is 23.1 Å². The minimum absolute atomic E-state index is 0.0476. The van der Waals surface area contributed by atoms with Gasteiger partial charge in [0.05, 0.1) is 18.9 Å². The number of aromatic amines is 1. The predicted molar refractivity (Wildman–Crippen MR) is 140 cm³/mol. The van der Waals surface area contributed by atoms with Gasteiger partial charge in [-0.25, -0.2) is 4.79 Å². The number of carboxylic acid groups (broad SMARTS) is 1. The Hall–Kier alpha value is -4.46. The van der Waals surface area contributed by atoms with Gasteiger partial charge in [0, 0.05) is 23.5 Å². The van der Waals surface area contributed by atoms with Crippen LogP contribution in [-0.4, -0.2) is 69.8 Å². The van der Waals surface area contributed by atoms with Gasteiger partial charge >= 0.3 is 5.97 Å². The van der Waals surface area contributed by atoms with Crippen molar-refractivity contribution >= 4 is 46.4 Å². The lowest BCUT2D eigenvalue weighted by Gasteiger charge is -2.26. The Bertz CT molecular complexity index is 1230. The number of aliphatic carboxylic acids is 1. The number of fused-ring (bicyclic) bond motifs is 1. The zero-order chi connectivity index (χ0) is 29.3. The van der Waals surface area contributed by atoms with E-state index in [-0.39, 0.29) is 18.8 Å². The fourth-order valence-corrected chi connectivity index (χ4v) is 3.97. The monoisotopic (exact) mass is 545 g/mol. The molecule has 1 aromatic carbocycles. The molecule has 4 unspecified atom stereocenters. The Balaban J connectivity index is 2.33. The number of carbonyl (C=O) groups excluding carboxylic acids is 5. The number of nitrogens with two attached hydrogens (primary N) is 3. The molecule has 1 heterocycles. The van der Waals surface area contributed by atoms with Crippen molar-refractivity contribution in [3.8, 4) is 0 Å². The van der Waals surface area contributed by atoms with Crippen molar-refractivity contribution in [2.75, 3.05) is 0 Å². The molecule has 0 bridgehead atoms. The highest BCUT2D eigenvalue weighted by molar-refractivity contribution is 5.96. The van der Waals surface area contributed by atoms with Gasteiger partial charge in [0.2, 0.25) is 29.5 Å². The molecule has 5 amide bonds. The molecule has 0 spiro atoms. The maximum Gasteiger partial charge on any atom is 0.326 e. The van der Waals surface area contributed by atoms with Crippen LogP contribution < -0.4 is 33.2 Å². The zero-order valence-corrected chi connectivity index (χ0v) is 21.7. The average Bonchev–Trinajstić information content (AvgIpc) is 3.24. The van der Waals surface area contributed by atoms with Crippen LogP contribution in [0.4, 0.5) is 0 Å². The lowest BCUT2D eigenvalue weighted by Crippen LogP contribution is -2.58. The summed E-state index contributed by atoms with van der Waals surface area (Å²) in [6.07, 6.45) is 0.698. The van der Waals surface area contributed by atoms with E-state index in [9.17, 15) is 33.9 Å². The molecule has 212 valence electrons. The highest BCUT2D eigenvalue weighted by Crippen LogP contribution is 2.19. The third-order valence-electron chi connectivity index (χ3n) is 5.85. The molecule has 1 aromatic heterocycles. The molecule has 14 nitrogen and oxygen atoms in total. The lowest BCUT2D eigenvalue weighted by molar-refractivity contribution is -0.143. The first-order chi connectivity index (χ1) is 18.3. The van der Waals surface area contributed by atoms with E-state index in [1.807, 2.05) is 32.0 Å². The molecule has 14 heteroatoms. The van der Waals surface area contributed by atoms with E-state index in [0.717, 1.165) is 10.9 Å². The summed E-state index contributed by atoms with van der Waals surface area (Å²) in [5.41, 5.74) is 17.4. The molecule has 0 saturated carbocycles. The van der Waals surface area contributed by atoms with Gasteiger partial charge in [-0.2, -0.15) is 0 Å². The van der Waals surface area contributed by atoms with Crippen LogP contribution in [0.15, 0.2) is 30.5 Å². The van der Waals surface area contributed by atoms with E-state index in [1.165, 1.54) is 0 Å². The number of nitrogens with one attached hydrogen (secondary N) is 4. The van der Waals surface area contributed by atoms with Gasteiger partial charge < -0.3 is 43.2 Å². The summed E-state index contributed by atoms with van der Waals surface area (Å²) in [5.74, 6) is -5.66. The number of carboxylic acids is 1. The van der Waals surface area contributed by atoms with Gasteiger partial charge in [0.1, 0.15) is 18.1 Å². The van der Waals surface area contributed by atoms with E-state index >= 15 is 0 Å². The number of benzene rings is 1. The van der Waals surface area contributed by atoms with Crippen molar-refractivity contribution in [2.45, 2.75) is 63.7 Å². The summed E-state index contributed by atoms with van der Waals surface area (Å²) in [6.45, 7) is 3.63. The molecule has 2 rings (SSSR count). The van der Waals surface area contributed by atoms with Crippen LogP contribution in [0.25, 0.3) is 10.9 Å². The molecule has 0 fully saturated rings. The first-order valence-electron chi connectivity index (χ1n) is 12.3. The smallest absolute Gasteiger partial charge is 0.326 e. The van der Waals surface area contributed by atoms with Crippen LogP contribution in [0.1, 0.15) is 38.7 Å². The number of amides is 5. The number of carbonyl (C=O) groups is 6. The number of para-hydroxylation sites is 1. The van der Waals surface area contributed by atoms with Crippen LogP contribution in [0.3, 0.4) is 0 Å². The topological polar surface area (TPSA) is 253 Å². The maximum atomic E-state index is 13.3. The number of hydrogen-bond donors (Lipinski definition) is 8. The largest absolute Gasteiger partial charge is 0.480 e. The molecule has 2 aromatic rings. The van der Waals surface area contributed by atoms with E-state index in [4.69, 9.17) is 17.2 Å². The normalized spacial score (nSPS) is 14.2. The number of hydrogen-bond acceptors (Lipinski definition) is 7. The Kier molecular flexibility index (Phi) is 11.0. The fourth-order valence-electron chi connectivity index (χ4n) is 3.97. The van der Waals surface area contributed by atoms with Crippen molar-refractivity contribution in [3.63, 3.8) is 0 Å². The molecule has 4 atom stereocenters.